The molecular formula is C27H44O5. The number of carbonyl (C=O) groups excluding carboxylic acids is 2. The van der Waals surface area contributed by atoms with Gasteiger partial charge in [-0.3, -0.25) is 9.59 Å². The first-order chi connectivity index (χ1) is 15.7. The molecule has 0 aliphatic heterocycles. The number of hydrogen-bond acceptors (Lipinski definition) is 5. The Morgan fingerprint density at radius 3 is 1.72 bits per heavy atom. The average molecular weight is 449 g/mol. The topological polar surface area (TPSA) is 61.8 Å². The number of para-hydroxylation sites is 2. The monoisotopic (exact) mass is 448 g/mol. The first kappa shape index (κ1) is 28.0. The number of esters is 2. The van der Waals surface area contributed by atoms with Crippen LogP contribution in [-0.4, -0.2) is 25.7 Å². The molecule has 0 N–H and O–H groups in total. The molecule has 0 spiro atoms. The van der Waals surface area contributed by atoms with Crippen LogP contribution in [0.5, 0.6) is 11.5 Å². The van der Waals surface area contributed by atoms with E-state index in [2.05, 4.69) is 6.92 Å². The summed E-state index contributed by atoms with van der Waals surface area (Å²) in [4.78, 5) is 23.7. The number of benzene rings is 1. The first-order valence-electron chi connectivity index (χ1n) is 12.7. The molecule has 0 saturated heterocycles. The molecule has 5 heteroatoms. The van der Waals surface area contributed by atoms with Crippen LogP contribution in [0.25, 0.3) is 0 Å². The lowest BCUT2D eigenvalue weighted by atomic mass is 10.0. The van der Waals surface area contributed by atoms with E-state index in [-0.39, 0.29) is 24.8 Å². The van der Waals surface area contributed by atoms with Gasteiger partial charge in [-0.15, -0.1) is 0 Å². The molecule has 0 aliphatic rings. The lowest BCUT2D eigenvalue weighted by Gasteiger charge is -2.08. The molecule has 0 atom stereocenters. The SMILES string of the molecule is CCCCCCCCCCCCCCCOC(=O)CCCC(=O)Oc1ccccc1OC. The number of carbonyl (C=O) groups is 2. The fourth-order valence-corrected chi connectivity index (χ4v) is 3.63. The van der Waals surface area contributed by atoms with Gasteiger partial charge in [-0.2, -0.15) is 0 Å². The highest BCUT2D eigenvalue weighted by Gasteiger charge is 2.11. The van der Waals surface area contributed by atoms with Crippen molar-refractivity contribution in [3.05, 3.63) is 24.3 Å². The van der Waals surface area contributed by atoms with E-state index in [1.165, 1.54) is 77.7 Å². The molecule has 5 nitrogen and oxygen atoms in total. The highest BCUT2D eigenvalue weighted by atomic mass is 16.6. The summed E-state index contributed by atoms with van der Waals surface area (Å²) in [5, 5.41) is 0. The van der Waals surface area contributed by atoms with Gasteiger partial charge in [0.2, 0.25) is 0 Å². The largest absolute Gasteiger partial charge is 0.493 e. The van der Waals surface area contributed by atoms with Crippen LogP contribution in [0.3, 0.4) is 0 Å². The molecule has 0 radical (unpaired) electrons. The second-order valence-electron chi connectivity index (χ2n) is 8.44. The maximum absolute atomic E-state index is 11.9. The van der Waals surface area contributed by atoms with Gasteiger partial charge in [0.1, 0.15) is 0 Å². The van der Waals surface area contributed by atoms with Gasteiger partial charge in [-0.05, 0) is 25.0 Å². The van der Waals surface area contributed by atoms with Crippen molar-refractivity contribution in [3.63, 3.8) is 0 Å². The van der Waals surface area contributed by atoms with Crippen LogP contribution in [0.1, 0.15) is 110 Å². The van der Waals surface area contributed by atoms with Crippen LogP contribution >= 0.6 is 0 Å². The van der Waals surface area contributed by atoms with Crippen molar-refractivity contribution in [1.29, 1.82) is 0 Å². The normalized spacial score (nSPS) is 10.7. The number of hydrogen-bond donors (Lipinski definition) is 0. The van der Waals surface area contributed by atoms with Crippen LogP contribution in [-0.2, 0) is 14.3 Å². The lowest BCUT2D eigenvalue weighted by molar-refractivity contribution is -0.144. The van der Waals surface area contributed by atoms with Gasteiger partial charge in [-0.25, -0.2) is 0 Å². The van der Waals surface area contributed by atoms with E-state index in [9.17, 15) is 9.59 Å². The number of ether oxygens (including phenoxy) is 3. The quantitative estimate of drug-likeness (QED) is 0.118. The van der Waals surface area contributed by atoms with Crippen molar-refractivity contribution in [3.8, 4) is 11.5 Å². The van der Waals surface area contributed by atoms with E-state index in [0.717, 1.165) is 12.8 Å². The minimum absolute atomic E-state index is 0.173. The third-order valence-corrected chi connectivity index (χ3v) is 5.57. The molecule has 32 heavy (non-hydrogen) atoms. The van der Waals surface area contributed by atoms with Gasteiger partial charge < -0.3 is 14.2 Å². The molecule has 0 bridgehead atoms. The van der Waals surface area contributed by atoms with Crippen molar-refractivity contribution < 1.29 is 23.8 Å². The number of rotatable bonds is 20. The number of methoxy groups -OCH3 is 1. The fourth-order valence-electron chi connectivity index (χ4n) is 3.63. The summed E-state index contributed by atoms with van der Waals surface area (Å²) < 4.78 is 15.7. The van der Waals surface area contributed by atoms with E-state index >= 15 is 0 Å². The predicted octanol–water partition coefficient (Wildman–Crippen LogP) is 7.41. The Morgan fingerprint density at radius 2 is 1.16 bits per heavy atom. The zero-order chi connectivity index (χ0) is 23.3. The lowest BCUT2D eigenvalue weighted by Crippen LogP contribution is -2.11. The molecule has 1 aromatic rings. The van der Waals surface area contributed by atoms with Gasteiger partial charge in [0.15, 0.2) is 11.5 Å². The summed E-state index contributed by atoms with van der Waals surface area (Å²) in [7, 11) is 1.53. The molecule has 1 aromatic carbocycles. The first-order valence-corrected chi connectivity index (χ1v) is 12.7. The van der Waals surface area contributed by atoms with E-state index in [1.807, 2.05) is 6.07 Å². The summed E-state index contributed by atoms with van der Waals surface area (Å²) >= 11 is 0. The van der Waals surface area contributed by atoms with Crippen LogP contribution in [0, 0.1) is 0 Å². The highest BCUT2D eigenvalue weighted by molar-refractivity contribution is 5.74. The van der Waals surface area contributed by atoms with E-state index in [1.54, 1.807) is 18.2 Å². The van der Waals surface area contributed by atoms with Crippen molar-refractivity contribution in [2.75, 3.05) is 13.7 Å². The predicted molar refractivity (Wildman–Crippen MR) is 129 cm³/mol. The molecule has 1 rings (SSSR count). The summed E-state index contributed by atoms with van der Waals surface area (Å²) in [6.07, 6.45) is 17.7. The molecular weight excluding hydrogens is 404 g/mol. The van der Waals surface area contributed by atoms with Gasteiger partial charge in [0.25, 0.3) is 0 Å². The summed E-state index contributed by atoms with van der Waals surface area (Å²) in [5.41, 5.74) is 0. The summed E-state index contributed by atoms with van der Waals surface area (Å²) in [5.74, 6) is 0.288. The molecule has 182 valence electrons. The molecule has 0 aliphatic carbocycles. The Kier molecular flexibility index (Phi) is 17.2. The third kappa shape index (κ3) is 14.9. The molecule has 0 unspecified atom stereocenters. The Balaban J connectivity index is 1.90. The van der Waals surface area contributed by atoms with Crippen LogP contribution in [0.15, 0.2) is 24.3 Å². The second-order valence-corrected chi connectivity index (χ2v) is 8.44. The van der Waals surface area contributed by atoms with Crippen LogP contribution in [0.2, 0.25) is 0 Å². The van der Waals surface area contributed by atoms with Gasteiger partial charge in [0.05, 0.1) is 13.7 Å². The van der Waals surface area contributed by atoms with Crippen LogP contribution < -0.4 is 9.47 Å². The fraction of sp³-hybridized carbons (Fsp3) is 0.704. The summed E-state index contributed by atoms with van der Waals surface area (Å²) in [6, 6.07) is 7.00. The van der Waals surface area contributed by atoms with Crippen LogP contribution in [0.4, 0.5) is 0 Å². The number of unbranched alkanes of at least 4 members (excludes halogenated alkanes) is 12. The van der Waals surface area contributed by atoms with Crippen molar-refractivity contribution >= 4 is 11.9 Å². The van der Waals surface area contributed by atoms with Gasteiger partial charge >= 0.3 is 11.9 Å². The molecule has 0 heterocycles. The maximum atomic E-state index is 11.9. The summed E-state index contributed by atoms with van der Waals surface area (Å²) in [6.45, 7) is 2.73. The highest BCUT2D eigenvalue weighted by Crippen LogP contribution is 2.26. The molecule has 0 amide bonds. The van der Waals surface area contributed by atoms with Crippen molar-refractivity contribution in [2.24, 2.45) is 0 Å². The molecule has 0 aromatic heterocycles. The minimum Gasteiger partial charge on any atom is -0.493 e. The molecule has 0 saturated carbocycles. The standard InChI is InChI=1S/C27H44O5/c1-3-4-5-6-7-8-9-10-11-12-13-14-17-23-31-26(28)21-18-22-27(29)32-25-20-16-15-19-24(25)30-2/h15-16,19-20H,3-14,17-18,21-23H2,1-2H3. The second kappa shape index (κ2) is 19.6. The zero-order valence-corrected chi connectivity index (χ0v) is 20.4. The smallest absolute Gasteiger partial charge is 0.311 e. The Bertz CT molecular complexity index is 614. The Labute approximate surface area is 195 Å². The third-order valence-electron chi connectivity index (χ3n) is 5.57. The van der Waals surface area contributed by atoms with E-state index in [0.29, 0.717) is 24.5 Å². The Morgan fingerprint density at radius 1 is 0.656 bits per heavy atom. The van der Waals surface area contributed by atoms with Crippen molar-refractivity contribution in [2.45, 2.75) is 110 Å². The van der Waals surface area contributed by atoms with E-state index in [4.69, 9.17) is 14.2 Å². The van der Waals surface area contributed by atoms with E-state index < -0.39 is 0 Å². The maximum Gasteiger partial charge on any atom is 0.311 e. The van der Waals surface area contributed by atoms with Gasteiger partial charge in [-0.1, -0.05) is 96.1 Å². The minimum atomic E-state index is -0.376. The molecule has 0 fully saturated rings. The van der Waals surface area contributed by atoms with Gasteiger partial charge in [0, 0.05) is 12.8 Å². The Hall–Kier alpha value is -2.04. The average Bonchev–Trinajstić information content (AvgIpc) is 2.79. The van der Waals surface area contributed by atoms with Crippen molar-refractivity contribution in [1.82, 2.24) is 0 Å². The zero-order valence-electron chi connectivity index (χ0n) is 20.4.